The summed E-state index contributed by atoms with van der Waals surface area (Å²) >= 11 is 0. The summed E-state index contributed by atoms with van der Waals surface area (Å²) in [5.41, 5.74) is 3.55. The first-order valence-corrected chi connectivity index (χ1v) is 6.24. The molecule has 0 spiro atoms. The van der Waals surface area contributed by atoms with Crippen LogP contribution >= 0.6 is 0 Å². The van der Waals surface area contributed by atoms with Crippen molar-refractivity contribution < 1.29 is 9.84 Å². The van der Waals surface area contributed by atoms with Gasteiger partial charge in [-0.2, -0.15) is 0 Å². The predicted octanol–water partition coefficient (Wildman–Crippen LogP) is 3.35. The fraction of sp³-hybridized carbons (Fsp3) is 0.250. The lowest BCUT2D eigenvalue weighted by atomic mass is 10.1. The average Bonchev–Trinajstić information content (AvgIpc) is 2.41. The van der Waals surface area contributed by atoms with Crippen LogP contribution in [-0.2, 0) is 6.54 Å². The molecule has 0 radical (unpaired) electrons. The van der Waals surface area contributed by atoms with Gasteiger partial charge >= 0.3 is 0 Å². The number of hydrogen-bond donors (Lipinski definition) is 1. The van der Waals surface area contributed by atoms with Gasteiger partial charge in [-0.25, -0.2) is 0 Å². The fourth-order valence-electron chi connectivity index (χ4n) is 2.17. The summed E-state index contributed by atoms with van der Waals surface area (Å²) in [6.07, 6.45) is 0. The van der Waals surface area contributed by atoms with Crippen LogP contribution in [0.1, 0.15) is 11.1 Å². The molecule has 0 aromatic heterocycles. The first-order chi connectivity index (χ1) is 9.11. The minimum atomic E-state index is 0.171. The standard InChI is InChI=1S/C16H19NO2/c1-12-6-4-5-7-14(12)17(2)11-13-8-9-15(18)16(10-13)19-3/h4-10,18H,11H2,1-3H3. The highest BCUT2D eigenvalue weighted by atomic mass is 16.5. The van der Waals surface area contributed by atoms with Crippen LogP contribution < -0.4 is 9.64 Å². The molecule has 0 saturated carbocycles. The first kappa shape index (κ1) is 13.3. The molecule has 0 saturated heterocycles. The third kappa shape index (κ3) is 2.99. The zero-order valence-corrected chi connectivity index (χ0v) is 11.6. The molecule has 0 fully saturated rings. The van der Waals surface area contributed by atoms with Crippen molar-refractivity contribution in [2.75, 3.05) is 19.1 Å². The van der Waals surface area contributed by atoms with Gasteiger partial charge in [-0.1, -0.05) is 24.3 Å². The third-order valence-electron chi connectivity index (χ3n) is 3.19. The Morgan fingerprint density at radius 2 is 1.89 bits per heavy atom. The highest BCUT2D eigenvalue weighted by molar-refractivity contribution is 5.53. The van der Waals surface area contributed by atoms with Gasteiger partial charge in [-0.3, -0.25) is 0 Å². The molecule has 2 rings (SSSR count). The van der Waals surface area contributed by atoms with Gasteiger partial charge in [-0.05, 0) is 36.2 Å². The lowest BCUT2D eigenvalue weighted by molar-refractivity contribution is 0.373. The molecule has 0 atom stereocenters. The smallest absolute Gasteiger partial charge is 0.160 e. The van der Waals surface area contributed by atoms with Crippen LogP contribution in [0, 0.1) is 6.92 Å². The molecule has 0 aliphatic rings. The molecule has 0 aliphatic heterocycles. The van der Waals surface area contributed by atoms with Crippen LogP contribution in [0.4, 0.5) is 5.69 Å². The molecular weight excluding hydrogens is 238 g/mol. The van der Waals surface area contributed by atoms with Gasteiger partial charge in [0.05, 0.1) is 7.11 Å². The number of aryl methyl sites for hydroxylation is 1. The van der Waals surface area contributed by atoms with Gasteiger partial charge in [0.1, 0.15) is 0 Å². The second-order valence-electron chi connectivity index (χ2n) is 4.65. The monoisotopic (exact) mass is 257 g/mol. The Labute approximate surface area is 114 Å². The molecule has 1 N–H and O–H groups in total. The van der Waals surface area contributed by atoms with Crippen molar-refractivity contribution in [2.24, 2.45) is 0 Å². The number of nitrogens with zero attached hydrogens (tertiary/aromatic N) is 1. The SMILES string of the molecule is COc1cc(CN(C)c2ccccc2C)ccc1O. The maximum absolute atomic E-state index is 9.59. The third-order valence-corrected chi connectivity index (χ3v) is 3.19. The van der Waals surface area contributed by atoms with Crippen molar-refractivity contribution in [3.8, 4) is 11.5 Å². The highest BCUT2D eigenvalue weighted by Gasteiger charge is 2.07. The van der Waals surface area contributed by atoms with Crippen LogP contribution in [0.3, 0.4) is 0 Å². The summed E-state index contributed by atoms with van der Waals surface area (Å²) in [6.45, 7) is 2.87. The van der Waals surface area contributed by atoms with E-state index < -0.39 is 0 Å². The van der Waals surface area contributed by atoms with E-state index in [-0.39, 0.29) is 5.75 Å². The number of benzene rings is 2. The second-order valence-corrected chi connectivity index (χ2v) is 4.65. The van der Waals surface area contributed by atoms with Crippen molar-refractivity contribution in [1.29, 1.82) is 0 Å². The molecule has 0 amide bonds. The molecule has 0 bridgehead atoms. The fourth-order valence-corrected chi connectivity index (χ4v) is 2.17. The predicted molar refractivity (Wildman–Crippen MR) is 77.9 cm³/mol. The van der Waals surface area contributed by atoms with Gasteiger partial charge in [0.25, 0.3) is 0 Å². The normalized spacial score (nSPS) is 10.3. The largest absolute Gasteiger partial charge is 0.504 e. The molecule has 0 heterocycles. The molecule has 0 aliphatic carbocycles. The van der Waals surface area contributed by atoms with Gasteiger partial charge in [-0.15, -0.1) is 0 Å². The Morgan fingerprint density at radius 3 is 2.58 bits per heavy atom. The molecule has 3 heteroatoms. The van der Waals surface area contributed by atoms with Crippen LogP contribution in [0.5, 0.6) is 11.5 Å². The van der Waals surface area contributed by atoms with E-state index in [0.717, 1.165) is 12.1 Å². The topological polar surface area (TPSA) is 32.7 Å². The van der Waals surface area contributed by atoms with Crippen LogP contribution in [0.15, 0.2) is 42.5 Å². The second kappa shape index (κ2) is 5.65. The molecule has 0 unspecified atom stereocenters. The van der Waals surface area contributed by atoms with E-state index >= 15 is 0 Å². The van der Waals surface area contributed by atoms with Crippen molar-refractivity contribution in [3.63, 3.8) is 0 Å². The zero-order valence-electron chi connectivity index (χ0n) is 11.6. The minimum Gasteiger partial charge on any atom is -0.504 e. The molecule has 100 valence electrons. The lowest BCUT2D eigenvalue weighted by Crippen LogP contribution is -2.17. The number of para-hydroxylation sites is 1. The van der Waals surface area contributed by atoms with E-state index in [9.17, 15) is 5.11 Å². The molecule has 2 aromatic carbocycles. The number of phenols is 1. The number of anilines is 1. The summed E-state index contributed by atoms with van der Waals surface area (Å²) in [4.78, 5) is 2.18. The maximum Gasteiger partial charge on any atom is 0.160 e. The average molecular weight is 257 g/mol. The van der Waals surface area contributed by atoms with E-state index in [2.05, 4.69) is 31.0 Å². The van der Waals surface area contributed by atoms with E-state index in [0.29, 0.717) is 5.75 Å². The number of phenolic OH excluding ortho intramolecular Hbond substituents is 1. The summed E-state index contributed by atoms with van der Waals surface area (Å²) < 4.78 is 5.13. The summed E-state index contributed by atoms with van der Waals surface area (Å²) in [5.74, 6) is 0.681. The van der Waals surface area contributed by atoms with Gasteiger partial charge < -0.3 is 14.7 Å². The van der Waals surface area contributed by atoms with E-state index in [4.69, 9.17) is 4.74 Å². The summed E-state index contributed by atoms with van der Waals surface area (Å²) in [7, 11) is 3.62. The Hall–Kier alpha value is -2.16. The van der Waals surface area contributed by atoms with Crippen LogP contribution in [0.25, 0.3) is 0 Å². The van der Waals surface area contributed by atoms with E-state index in [1.807, 2.05) is 24.3 Å². The quantitative estimate of drug-likeness (QED) is 0.911. The van der Waals surface area contributed by atoms with Crippen LogP contribution in [-0.4, -0.2) is 19.3 Å². The van der Waals surface area contributed by atoms with Gasteiger partial charge in [0, 0.05) is 19.3 Å². The molecule has 19 heavy (non-hydrogen) atoms. The molecule has 3 nitrogen and oxygen atoms in total. The van der Waals surface area contributed by atoms with Crippen molar-refractivity contribution in [2.45, 2.75) is 13.5 Å². The Morgan fingerprint density at radius 1 is 1.16 bits per heavy atom. The number of hydrogen-bond acceptors (Lipinski definition) is 3. The first-order valence-electron chi connectivity index (χ1n) is 6.24. The van der Waals surface area contributed by atoms with E-state index in [1.54, 1.807) is 13.2 Å². The number of aromatic hydroxyl groups is 1. The molecular formula is C16H19NO2. The van der Waals surface area contributed by atoms with E-state index in [1.165, 1.54) is 11.3 Å². The Bertz CT molecular complexity index is 566. The van der Waals surface area contributed by atoms with Crippen LogP contribution in [0.2, 0.25) is 0 Å². The molecule has 2 aromatic rings. The summed E-state index contributed by atoms with van der Waals surface area (Å²) in [5, 5.41) is 9.59. The van der Waals surface area contributed by atoms with Crippen molar-refractivity contribution >= 4 is 5.69 Å². The minimum absolute atomic E-state index is 0.171. The Kier molecular flexibility index (Phi) is 3.95. The maximum atomic E-state index is 9.59. The van der Waals surface area contributed by atoms with Crippen molar-refractivity contribution in [3.05, 3.63) is 53.6 Å². The Balaban J connectivity index is 2.19. The van der Waals surface area contributed by atoms with Gasteiger partial charge in [0.2, 0.25) is 0 Å². The zero-order chi connectivity index (χ0) is 13.8. The van der Waals surface area contributed by atoms with Gasteiger partial charge in [0.15, 0.2) is 11.5 Å². The van der Waals surface area contributed by atoms with Crippen molar-refractivity contribution in [1.82, 2.24) is 0 Å². The summed E-state index contributed by atoms with van der Waals surface area (Å²) in [6, 6.07) is 13.7. The highest BCUT2D eigenvalue weighted by Crippen LogP contribution is 2.27. The number of ether oxygens (including phenoxy) is 1. The number of methoxy groups -OCH3 is 1. The number of rotatable bonds is 4. The lowest BCUT2D eigenvalue weighted by Gasteiger charge is -2.21.